The van der Waals surface area contributed by atoms with E-state index in [9.17, 15) is 14.7 Å². The van der Waals surface area contributed by atoms with Crippen LogP contribution in [0.3, 0.4) is 0 Å². The number of aromatic hydroxyl groups is 1. The fourth-order valence-corrected chi connectivity index (χ4v) is 3.20. The predicted octanol–water partition coefficient (Wildman–Crippen LogP) is 2.27. The molecule has 27 heavy (non-hydrogen) atoms. The Morgan fingerprint density at radius 2 is 1.63 bits per heavy atom. The molecule has 0 bridgehead atoms. The van der Waals surface area contributed by atoms with Gasteiger partial charge in [0.25, 0.3) is 0 Å². The number of phenolic OH excluding ortho intramolecular Hbond substituents is 1. The van der Waals surface area contributed by atoms with Crippen molar-refractivity contribution in [2.45, 2.75) is 12.5 Å². The summed E-state index contributed by atoms with van der Waals surface area (Å²) in [4.78, 5) is 27.8. The number of nitrogens with zero attached hydrogens (tertiary/aromatic N) is 2. The fourth-order valence-electron chi connectivity index (χ4n) is 3.20. The van der Waals surface area contributed by atoms with Gasteiger partial charge in [-0.15, -0.1) is 0 Å². The molecule has 2 aromatic carbocycles. The molecule has 7 heteroatoms. The highest BCUT2D eigenvalue weighted by Crippen LogP contribution is 2.24. The number of phenols is 1. The van der Waals surface area contributed by atoms with E-state index in [4.69, 9.17) is 10.5 Å². The molecule has 1 aliphatic rings. The van der Waals surface area contributed by atoms with Crippen LogP contribution in [0.1, 0.15) is 18.1 Å². The number of ether oxygens (including phenoxy) is 1. The SMILES string of the molecule is NC(=O)O[C@H](CC(=O)N1CCN(c2ccc(O)cc2)CC1)c1ccccc1. The van der Waals surface area contributed by atoms with Gasteiger partial charge in [-0.1, -0.05) is 30.3 Å². The third-order valence-corrected chi connectivity index (χ3v) is 4.64. The molecule has 0 spiro atoms. The van der Waals surface area contributed by atoms with Crippen LogP contribution in [-0.4, -0.2) is 48.2 Å². The van der Waals surface area contributed by atoms with Gasteiger partial charge in [-0.05, 0) is 29.8 Å². The van der Waals surface area contributed by atoms with Crippen LogP contribution in [0.4, 0.5) is 10.5 Å². The molecule has 1 fully saturated rings. The molecule has 0 saturated carbocycles. The van der Waals surface area contributed by atoms with Gasteiger partial charge < -0.3 is 25.4 Å². The van der Waals surface area contributed by atoms with Gasteiger partial charge in [0.2, 0.25) is 5.91 Å². The smallest absolute Gasteiger partial charge is 0.405 e. The Kier molecular flexibility index (Phi) is 5.80. The summed E-state index contributed by atoms with van der Waals surface area (Å²) in [5, 5.41) is 9.39. The number of carbonyl (C=O) groups excluding carboxylic acids is 2. The van der Waals surface area contributed by atoms with E-state index >= 15 is 0 Å². The van der Waals surface area contributed by atoms with Crippen LogP contribution in [-0.2, 0) is 9.53 Å². The van der Waals surface area contributed by atoms with Crippen LogP contribution < -0.4 is 10.6 Å². The molecular weight excluding hydrogens is 346 g/mol. The Morgan fingerprint density at radius 3 is 2.22 bits per heavy atom. The largest absolute Gasteiger partial charge is 0.508 e. The van der Waals surface area contributed by atoms with Crippen molar-refractivity contribution >= 4 is 17.7 Å². The number of benzene rings is 2. The van der Waals surface area contributed by atoms with E-state index < -0.39 is 12.2 Å². The Labute approximate surface area is 157 Å². The Hall–Kier alpha value is -3.22. The quantitative estimate of drug-likeness (QED) is 0.843. The van der Waals surface area contributed by atoms with Gasteiger partial charge in [0.05, 0.1) is 6.42 Å². The van der Waals surface area contributed by atoms with Crippen LogP contribution in [0.5, 0.6) is 5.75 Å². The number of hydrogen-bond acceptors (Lipinski definition) is 5. The van der Waals surface area contributed by atoms with Crippen molar-refractivity contribution in [3.05, 3.63) is 60.2 Å². The number of rotatable bonds is 5. The topological polar surface area (TPSA) is 96.1 Å². The van der Waals surface area contributed by atoms with Gasteiger partial charge in [0, 0.05) is 31.9 Å². The first-order valence-corrected chi connectivity index (χ1v) is 8.86. The maximum absolute atomic E-state index is 12.7. The highest BCUT2D eigenvalue weighted by molar-refractivity contribution is 5.78. The van der Waals surface area contributed by atoms with Crippen LogP contribution >= 0.6 is 0 Å². The van der Waals surface area contributed by atoms with Gasteiger partial charge in [0.15, 0.2) is 0 Å². The molecule has 0 unspecified atom stereocenters. The summed E-state index contributed by atoms with van der Waals surface area (Å²) in [6.07, 6.45) is -1.52. The number of hydrogen-bond donors (Lipinski definition) is 2. The third-order valence-electron chi connectivity index (χ3n) is 4.64. The molecule has 1 atom stereocenters. The zero-order chi connectivity index (χ0) is 19.2. The second kappa shape index (κ2) is 8.44. The van der Waals surface area contributed by atoms with Crippen molar-refractivity contribution in [2.24, 2.45) is 5.73 Å². The molecule has 3 rings (SSSR count). The van der Waals surface area contributed by atoms with Crippen molar-refractivity contribution in [2.75, 3.05) is 31.1 Å². The predicted molar refractivity (Wildman–Crippen MR) is 101 cm³/mol. The molecule has 1 heterocycles. The second-order valence-corrected chi connectivity index (χ2v) is 6.42. The minimum absolute atomic E-state index is 0.0617. The van der Waals surface area contributed by atoms with E-state index in [1.54, 1.807) is 17.0 Å². The number of anilines is 1. The van der Waals surface area contributed by atoms with Crippen LogP contribution in [0.25, 0.3) is 0 Å². The minimum Gasteiger partial charge on any atom is -0.508 e. The summed E-state index contributed by atoms with van der Waals surface area (Å²) in [6.45, 7) is 2.56. The summed E-state index contributed by atoms with van der Waals surface area (Å²) in [6, 6.07) is 16.2. The molecular formula is C20H23N3O4. The van der Waals surface area contributed by atoms with Crippen LogP contribution in [0.2, 0.25) is 0 Å². The zero-order valence-corrected chi connectivity index (χ0v) is 15.0. The first kappa shape index (κ1) is 18.6. The lowest BCUT2D eigenvalue weighted by atomic mass is 10.1. The first-order chi connectivity index (χ1) is 13.0. The van der Waals surface area contributed by atoms with Crippen molar-refractivity contribution in [1.29, 1.82) is 0 Å². The Bertz CT molecular complexity index is 772. The standard InChI is InChI=1S/C20H23N3O4/c21-20(26)27-18(15-4-2-1-3-5-15)14-19(25)23-12-10-22(11-13-23)16-6-8-17(24)9-7-16/h1-9,18,24H,10-14H2,(H2,21,26)/t18-/m1/s1. The van der Waals surface area contributed by atoms with Crippen molar-refractivity contribution in [3.8, 4) is 5.75 Å². The lowest BCUT2D eigenvalue weighted by Crippen LogP contribution is -2.49. The highest BCUT2D eigenvalue weighted by Gasteiger charge is 2.26. The van der Waals surface area contributed by atoms with Gasteiger partial charge in [-0.2, -0.15) is 0 Å². The molecule has 0 aliphatic carbocycles. The van der Waals surface area contributed by atoms with E-state index in [0.717, 1.165) is 11.3 Å². The fraction of sp³-hybridized carbons (Fsp3) is 0.300. The molecule has 1 saturated heterocycles. The molecule has 0 aromatic heterocycles. The van der Waals surface area contributed by atoms with E-state index in [1.165, 1.54) is 0 Å². The van der Waals surface area contributed by atoms with E-state index in [2.05, 4.69) is 4.90 Å². The monoisotopic (exact) mass is 369 g/mol. The van der Waals surface area contributed by atoms with Crippen molar-refractivity contribution in [1.82, 2.24) is 4.90 Å². The molecule has 2 aromatic rings. The van der Waals surface area contributed by atoms with Gasteiger partial charge in [0.1, 0.15) is 11.9 Å². The maximum atomic E-state index is 12.7. The first-order valence-electron chi connectivity index (χ1n) is 8.86. The zero-order valence-electron chi connectivity index (χ0n) is 15.0. The number of carbonyl (C=O) groups is 2. The van der Waals surface area contributed by atoms with Gasteiger partial charge in [-0.3, -0.25) is 4.79 Å². The van der Waals surface area contributed by atoms with Gasteiger partial charge >= 0.3 is 6.09 Å². The summed E-state index contributed by atoms with van der Waals surface area (Å²) in [5.41, 5.74) is 6.92. The Morgan fingerprint density at radius 1 is 1.00 bits per heavy atom. The molecule has 0 radical (unpaired) electrons. The molecule has 1 aliphatic heterocycles. The van der Waals surface area contributed by atoms with E-state index in [1.807, 2.05) is 42.5 Å². The number of primary amides is 1. The minimum atomic E-state index is -0.895. The lowest BCUT2D eigenvalue weighted by molar-refractivity contribution is -0.133. The highest BCUT2D eigenvalue weighted by atomic mass is 16.6. The number of amides is 2. The lowest BCUT2D eigenvalue weighted by Gasteiger charge is -2.36. The average molecular weight is 369 g/mol. The second-order valence-electron chi connectivity index (χ2n) is 6.42. The molecule has 142 valence electrons. The molecule has 3 N–H and O–H groups in total. The maximum Gasteiger partial charge on any atom is 0.405 e. The van der Waals surface area contributed by atoms with Gasteiger partial charge in [-0.25, -0.2) is 4.79 Å². The summed E-state index contributed by atoms with van der Waals surface area (Å²) < 4.78 is 5.16. The summed E-state index contributed by atoms with van der Waals surface area (Å²) in [5.74, 6) is 0.157. The summed E-state index contributed by atoms with van der Waals surface area (Å²) >= 11 is 0. The molecule has 2 amide bonds. The number of nitrogens with two attached hydrogens (primary N) is 1. The third kappa shape index (κ3) is 4.91. The van der Waals surface area contributed by atoms with E-state index in [0.29, 0.717) is 26.2 Å². The normalized spacial score (nSPS) is 15.3. The van der Waals surface area contributed by atoms with Crippen LogP contribution in [0.15, 0.2) is 54.6 Å². The summed E-state index contributed by atoms with van der Waals surface area (Å²) in [7, 11) is 0. The molecule has 7 nitrogen and oxygen atoms in total. The van der Waals surface area contributed by atoms with Crippen molar-refractivity contribution < 1.29 is 19.4 Å². The Balaban J connectivity index is 1.59. The van der Waals surface area contributed by atoms with Crippen molar-refractivity contribution in [3.63, 3.8) is 0 Å². The number of piperazine rings is 1. The average Bonchev–Trinajstić information content (AvgIpc) is 2.68. The van der Waals surface area contributed by atoms with Crippen LogP contribution in [0, 0.1) is 0 Å². The van der Waals surface area contributed by atoms with E-state index in [-0.39, 0.29) is 18.1 Å².